The van der Waals surface area contributed by atoms with Crippen LogP contribution in [0.5, 0.6) is 0 Å². The van der Waals surface area contributed by atoms with E-state index in [9.17, 15) is 0 Å². The lowest BCUT2D eigenvalue weighted by Gasteiger charge is -2.08. The van der Waals surface area contributed by atoms with Gasteiger partial charge in [-0.3, -0.25) is 4.98 Å². The fourth-order valence-electron chi connectivity index (χ4n) is 2.34. The van der Waals surface area contributed by atoms with Crippen molar-refractivity contribution in [1.29, 1.82) is 0 Å². The van der Waals surface area contributed by atoms with Gasteiger partial charge < -0.3 is 5.73 Å². The van der Waals surface area contributed by atoms with Gasteiger partial charge in [0.1, 0.15) is 0 Å². The van der Waals surface area contributed by atoms with Crippen LogP contribution in [0, 0.1) is 6.92 Å². The summed E-state index contributed by atoms with van der Waals surface area (Å²) in [5.41, 5.74) is 10.4. The third-order valence-corrected chi connectivity index (χ3v) is 3.70. The molecule has 1 fully saturated rings. The number of pyridine rings is 1. The molecule has 0 radical (unpaired) electrons. The summed E-state index contributed by atoms with van der Waals surface area (Å²) < 4.78 is 0. The third-order valence-electron chi connectivity index (χ3n) is 3.47. The predicted molar refractivity (Wildman–Crippen MR) is 82.0 cm³/mol. The molecule has 1 aromatic heterocycles. The topological polar surface area (TPSA) is 38.9 Å². The summed E-state index contributed by atoms with van der Waals surface area (Å²) in [5, 5.41) is 0.738. The van der Waals surface area contributed by atoms with Crippen LogP contribution in [0.4, 0.5) is 0 Å². The average molecular weight is 295 g/mol. The quantitative estimate of drug-likeness (QED) is 0.911. The van der Waals surface area contributed by atoms with Crippen LogP contribution in [0.2, 0.25) is 5.02 Å². The van der Waals surface area contributed by atoms with Crippen molar-refractivity contribution in [2.45, 2.75) is 25.3 Å². The molecular weight excluding hydrogens is 279 g/mol. The monoisotopic (exact) mass is 294 g/mol. The molecule has 2 atom stereocenters. The molecule has 1 aromatic carbocycles. The van der Waals surface area contributed by atoms with Gasteiger partial charge in [-0.25, -0.2) is 0 Å². The van der Waals surface area contributed by atoms with E-state index in [0.717, 1.165) is 22.7 Å². The fraction of sp³-hybridized carbons (Fsp3) is 0.267. The van der Waals surface area contributed by atoms with Crippen LogP contribution >= 0.6 is 24.0 Å². The summed E-state index contributed by atoms with van der Waals surface area (Å²) in [5.74, 6) is 0.504. The summed E-state index contributed by atoms with van der Waals surface area (Å²) in [4.78, 5) is 4.57. The maximum atomic E-state index is 6.01. The minimum Gasteiger partial charge on any atom is -0.327 e. The van der Waals surface area contributed by atoms with E-state index in [-0.39, 0.29) is 12.4 Å². The van der Waals surface area contributed by atoms with E-state index in [4.69, 9.17) is 17.3 Å². The Kier molecular flexibility index (Phi) is 4.14. The standard InChI is InChI=1S/C15H15ClN2.ClH/c1-9-5-11(13-7-14(13)17)8-18-15(9)10-3-2-4-12(16)6-10;/h2-6,8,13-14H,7,17H2,1H3;1H. The first-order chi connectivity index (χ1) is 8.65. The predicted octanol–water partition coefficient (Wildman–Crippen LogP) is 3.95. The van der Waals surface area contributed by atoms with E-state index in [1.165, 1.54) is 11.1 Å². The normalized spacial score (nSPS) is 20.8. The smallest absolute Gasteiger partial charge is 0.0731 e. The molecule has 0 aliphatic heterocycles. The molecule has 2 N–H and O–H groups in total. The van der Waals surface area contributed by atoms with Crippen LogP contribution in [0.1, 0.15) is 23.5 Å². The van der Waals surface area contributed by atoms with Gasteiger partial charge in [0.05, 0.1) is 5.69 Å². The molecule has 1 heterocycles. The van der Waals surface area contributed by atoms with E-state index >= 15 is 0 Å². The molecule has 1 aliphatic carbocycles. The zero-order valence-corrected chi connectivity index (χ0v) is 12.2. The molecule has 1 saturated carbocycles. The molecule has 0 saturated heterocycles. The minimum atomic E-state index is 0. The Morgan fingerprint density at radius 2 is 2.05 bits per heavy atom. The molecule has 4 heteroatoms. The molecule has 2 nitrogen and oxygen atoms in total. The van der Waals surface area contributed by atoms with Crippen molar-refractivity contribution in [3.05, 3.63) is 52.7 Å². The molecule has 0 amide bonds. The van der Waals surface area contributed by atoms with E-state index in [2.05, 4.69) is 18.0 Å². The first-order valence-electron chi connectivity index (χ1n) is 6.13. The van der Waals surface area contributed by atoms with Gasteiger partial charge in [0.25, 0.3) is 0 Å². The molecule has 3 rings (SSSR count). The second-order valence-corrected chi connectivity index (χ2v) is 5.39. The van der Waals surface area contributed by atoms with Crippen molar-refractivity contribution in [3.63, 3.8) is 0 Å². The Hall–Kier alpha value is -1.09. The van der Waals surface area contributed by atoms with Crippen LogP contribution in [-0.2, 0) is 0 Å². The summed E-state index contributed by atoms with van der Waals surface area (Å²) in [6, 6.07) is 10.3. The Morgan fingerprint density at radius 1 is 1.32 bits per heavy atom. The number of hydrogen-bond donors (Lipinski definition) is 1. The first-order valence-corrected chi connectivity index (χ1v) is 6.51. The van der Waals surface area contributed by atoms with Gasteiger partial charge in [0.2, 0.25) is 0 Å². The highest BCUT2D eigenvalue weighted by atomic mass is 35.5. The Labute approximate surface area is 124 Å². The van der Waals surface area contributed by atoms with Crippen molar-refractivity contribution in [2.24, 2.45) is 5.73 Å². The van der Waals surface area contributed by atoms with Crippen molar-refractivity contribution in [2.75, 3.05) is 0 Å². The van der Waals surface area contributed by atoms with Crippen molar-refractivity contribution < 1.29 is 0 Å². The molecule has 2 unspecified atom stereocenters. The van der Waals surface area contributed by atoms with Gasteiger partial charge in [0, 0.05) is 28.7 Å². The summed E-state index contributed by atoms with van der Waals surface area (Å²) in [6.07, 6.45) is 3.03. The molecule has 100 valence electrons. The van der Waals surface area contributed by atoms with Crippen LogP contribution in [-0.4, -0.2) is 11.0 Å². The lowest BCUT2D eigenvalue weighted by atomic mass is 10.0. The number of hydrogen-bond acceptors (Lipinski definition) is 2. The minimum absolute atomic E-state index is 0. The van der Waals surface area contributed by atoms with Gasteiger partial charge in [-0.15, -0.1) is 12.4 Å². The molecule has 2 aromatic rings. The van der Waals surface area contributed by atoms with Crippen LogP contribution in [0.25, 0.3) is 11.3 Å². The maximum Gasteiger partial charge on any atom is 0.0731 e. The number of aryl methyl sites for hydroxylation is 1. The van der Waals surface area contributed by atoms with Gasteiger partial charge in [-0.1, -0.05) is 29.8 Å². The zero-order chi connectivity index (χ0) is 12.7. The Bertz CT molecular complexity index is 598. The maximum absolute atomic E-state index is 6.01. The molecular formula is C15H16Cl2N2. The molecule has 0 spiro atoms. The van der Waals surface area contributed by atoms with Gasteiger partial charge >= 0.3 is 0 Å². The lowest BCUT2D eigenvalue weighted by Crippen LogP contribution is -2.01. The second-order valence-electron chi connectivity index (χ2n) is 4.95. The number of halogens is 2. The van der Waals surface area contributed by atoms with Crippen LogP contribution < -0.4 is 5.73 Å². The highest BCUT2D eigenvalue weighted by Gasteiger charge is 2.35. The molecule has 19 heavy (non-hydrogen) atoms. The second kappa shape index (κ2) is 5.49. The van der Waals surface area contributed by atoms with Gasteiger partial charge in [-0.05, 0) is 36.6 Å². The average Bonchev–Trinajstić information content (AvgIpc) is 3.06. The number of rotatable bonds is 2. The van der Waals surface area contributed by atoms with Crippen LogP contribution in [0.15, 0.2) is 36.5 Å². The van der Waals surface area contributed by atoms with Gasteiger partial charge in [0.15, 0.2) is 0 Å². The summed E-state index contributed by atoms with van der Waals surface area (Å²) in [7, 11) is 0. The zero-order valence-electron chi connectivity index (χ0n) is 10.6. The van der Waals surface area contributed by atoms with E-state index in [1.54, 1.807) is 0 Å². The number of aromatic nitrogens is 1. The number of benzene rings is 1. The largest absolute Gasteiger partial charge is 0.327 e. The van der Waals surface area contributed by atoms with Crippen molar-refractivity contribution in [3.8, 4) is 11.3 Å². The third kappa shape index (κ3) is 2.92. The summed E-state index contributed by atoms with van der Waals surface area (Å²) in [6.45, 7) is 2.08. The number of nitrogens with two attached hydrogens (primary N) is 1. The van der Waals surface area contributed by atoms with E-state index < -0.39 is 0 Å². The van der Waals surface area contributed by atoms with Crippen molar-refractivity contribution in [1.82, 2.24) is 4.98 Å². The Morgan fingerprint density at radius 3 is 2.63 bits per heavy atom. The SMILES string of the molecule is Cc1cc(C2CC2N)cnc1-c1cccc(Cl)c1.Cl. The first kappa shape index (κ1) is 14.3. The summed E-state index contributed by atoms with van der Waals surface area (Å²) >= 11 is 6.01. The number of nitrogens with zero attached hydrogens (tertiary/aromatic N) is 1. The highest BCUT2D eigenvalue weighted by Crippen LogP contribution is 2.39. The molecule has 0 bridgehead atoms. The fourth-order valence-corrected chi connectivity index (χ4v) is 2.53. The van der Waals surface area contributed by atoms with Crippen molar-refractivity contribution >= 4 is 24.0 Å². The van der Waals surface area contributed by atoms with Gasteiger partial charge in [-0.2, -0.15) is 0 Å². The van der Waals surface area contributed by atoms with Crippen LogP contribution in [0.3, 0.4) is 0 Å². The lowest BCUT2D eigenvalue weighted by molar-refractivity contribution is 0.978. The molecule has 1 aliphatic rings. The highest BCUT2D eigenvalue weighted by molar-refractivity contribution is 6.30. The van der Waals surface area contributed by atoms with E-state index in [1.807, 2.05) is 30.5 Å². The van der Waals surface area contributed by atoms with E-state index in [0.29, 0.717) is 12.0 Å². The Balaban J connectivity index is 0.00000133.